The number of piperidine rings is 1. The monoisotopic (exact) mass is 506 g/mol. The molecule has 4 aromatic rings. The van der Waals surface area contributed by atoms with Gasteiger partial charge in [-0.25, -0.2) is 9.78 Å². The molecule has 0 spiro atoms. The van der Waals surface area contributed by atoms with Gasteiger partial charge in [0.2, 0.25) is 11.2 Å². The van der Waals surface area contributed by atoms with Crippen LogP contribution in [0.15, 0.2) is 39.5 Å². The SMILES string of the molecule is CCOC(=O)c1oc2c(CN3CCCC[C@H]3C)c(O)c(CC)cc2c(=O)c1-c1nc2ccccc2s1. The summed E-state index contributed by atoms with van der Waals surface area (Å²) >= 11 is 1.33. The van der Waals surface area contributed by atoms with Crippen molar-refractivity contribution in [2.45, 2.75) is 59.0 Å². The minimum absolute atomic E-state index is 0.104. The van der Waals surface area contributed by atoms with E-state index in [0.717, 1.165) is 29.6 Å². The van der Waals surface area contributed by atoms with Crippen molar-refractivity contribution >= 4 is 38.5 Å². The Kier molecular flexibility index (Phi) is 6.81. The van der Waals surface area contributed by atoms with E-state index >= 15 is 0 Å². The lowest BCUT2D eigenvalue weighted by Crippen LogP contribution is -2.36. The number of esters is 1. The molecule has 0 saturated carbocycles. The van der Waals surface area contributed by atoms with Crippen LogP contribution in [-0.4, -0.2) is 40.2 Å². The number of hydrogen-bond acceptors (Lipinski definition) is 8. The van der Waals surface area contributed by atoms with Crippen LogP contribution < -0.4 is 5.43 Å². The summed E-state index contributed by atoms with van der Waals surface area (Å²) in [4.78, 5) is 34.0. The van der Waals surface area contributed by atoms with Gasteiger partial charge in [-0.1, -0.05) is 25.5 Å². The van der Waals surface area contributed by atoms with Gasteiger partial charge < -0.3 is 14.3 Å². The molecule has 0 bridgehead atoms. The Labute approximate surface area is 213 Å². The normalized spacial score (nSPS) is 16.6. The van der Waals surface area contributed by atoms with E-state index in [1.165, 1.54) is 17.8 Å². The number of likely N-dealkylation sites (tertiary alicyclic amines) is 1. The molecule has 2 aromatic heterocycles. The van der Waals surface area contributed by atoms with Gasteiger partial charge in [-0.05, 0) is 63.4 Å². The molecule has 1 atom stereocenters. The van der Waals surface area contributed by atoms with Gasteiger partial charge in [0.25, 0.3) is 0 Å². The zero-order chi connectivity index (χ0) is 25.4. The summed E-state index contributed by atoms with van der Waals surface area (Å²) in [6.07, 6.45) is 3.88. The number of phenolic OH excluding ortho intramolecular Hbond substituents is 1. The molecule has 1 saturated heterocycles. The van der Waals surface area contributed by atoms with Gasteiger partial charge in [-0.15, -0.1) is 11.3 Å². The molecule has 188 valence electrons. The van der Waals surface area contributed by atoms with E-state index in [-0.39, 0.29) is 34.7 Å². The largest absolute Gasteiger partial charge is 0.507 e. The number of rotatable bonds is 6. The van der Waals surface area contributed by atoms with Crippen molar-refractivity contribution in [1.29, 1.82) is 0 Å². The topological polar surface area (TPSA) is 92.9 Å². The van der Waals surface area contributed by atoms with E-state index < -0.39 is 5.97 Å². The number of ether oxygens (including phenoxy) is 1. The molecule has 36 heavy (non-hydrogen) atoms. The Balaban J connectivity index is 1.79. The molecule has 0 amide bonds. The van der Waals surface area contributed by atoms with Crippen LogP contribution in [0, 0.1) is 0 Å². The minimum Gasteiger partial charge on any atom is -0.507 e. The zero-order valence-electron chi connectivity index (χ0n) is 20.8. The van der Waals surface area contributed by atoms with E-state index in [0.29, 0.717) is 40.5 Å². The first kappa shape index (κ1) is 24.5. The van der Waals surface area contributed by atoms with Crippen molar-refractivity contribution in [3.8, 4) is 16.3 Å². The minimum atomic E-state index is -0.720. The van der Waals surface area contributed by atoms with Crippen LogP contribution in [0.5, 0.6) is 5.75 Å². The average molecular weight is 507 g/mol. The first-order chi connectivity index (χ1) is 17.4. The molecule has 1 aliphatic heterocycles. The molecule has 1 fully saturated rings. The molecule has 0 radical (unpaired) electrons. The van der Waals surface area contributed by atoms with E-state index in [4.69, 9.17) is 9.15 Å². The van der Waals surface area contributed by atoms with Crippen LogP contribution in [0.2, 0.25) is 0 Å². The number of nitrogens with zero attached hydrogens (tertiary/aromatic N) is 2. The molecule has 7 nitrogen and oxygen atoms in total. The summed E-state index contributed by atoms with van der Waals surface area (Å²) in [6.45, 7) is 7.29. The number of carbonyl (C=O) groups is 1. The molecular weight excluding hydrogens is 476 g/mol. The highest BCUT2D eigenvalue weighted by atomic mass is 32.1. The third-order valence-electron chi connectivity index (χ3n) is 6.98. The van der Waals surface area contributed by atoms with E-state index in [9.17, 15) is 14.7 Å². The van der Waals surface area contributed by atoms with Crippen LogP contribution in [0.3, 0.4) is 0 Å². The summed E-state index contributed by atoms with van der Waals surface area (Å²) in [5, 5.41) is 11.9. The van der Waals surface area contributed by atoms with Gasteiger partial charge in [0.15, 0.2) is 0 Å². The predicted octanol–water partition coefficient (Wildman–Crippen LogP) is 5.89. The third kappa shape index (κ3) is 4.29. The molecule has 5 rings (SSSR count). The van der Waals surface area contributed by atoms with Crippen LogP contribution in [0.4, 0.5) is 0 Å². The van der Waals surface area contributed by atoms with Crippen LogP contribution in [-0.2, 0) is 17.7 Å². The summed E-state index contributed by atoms with van der Waals surface area (Å²) in [6, 6.07) is 9.61. The number of benzene rings is 2. The predicted molar refractivity (Wildman–Crippen MR) is 142 cm³/mol. The fourth-order valence-electron chi connectivity index (χ4n) is 4.97. The molecule has 0 unspecified atom stereocenters. The number of aromatic hydroxyl groups is 1. The second-order valence-electron chi connectivity index (χ2n) is 9.25. The number of para-hydroxylation sites is 1. The maximum Gasteiger partial charge on any atom is 0.375 e. The third-order valence-corrected chi connectivity index (χ3v) is 8.04. The summed E-state index contributed by atoms with van der Waals surface area (Å²) in [5.41, 5.74) is 1.95. The first-order valence-corrected chi connectivity index (χ1v) is 13.4. The van der Waals surface area contributed by atoms with Crippen LogP contribution >= 0.6 is 11.3 Å². The first-order valence-electron chi connectivity index (χ1n) is 12.5. The summed E-state index contributed by atoms with van der Waals surface area (Å²) < 4.78 is 12.4. The van der Waals surface area contributed by atoms with Gasteiger partial charge in [-0.2, -0.15) is 0 Å². The highest BCUT2D eigenvalue weighted by Gasteiger charge is 2.29. The fraction of sp³-hybridized carbons (Fsp3) is 0.393. The lowest BCUT2D eigenvalue weighted by Gasteiger charge is -2.33. The van der Waals surface area contributed by atoms with Crippen molar-refractivity contribution in [1.82, 2.24) is 9.88 Å². The smallest absolute Gasteiger partial charge is 0.375 e. The zero-order valence-corrected chi connectivity index (χ0v) is 21.6. The molecule has 3 heterocycles. The lowest BCUT2D eigenvalue weighted by atomic mass is 9.98. The number of aryl methyl sites for hydroxylation is 1. The number of carbonyl (C=O) groups excluding carboxylic acids is 1. The van der Waals surface area contributed by atoms with Crippen LogP contribution in [0.25, 0.3) is 31.8 Å². The number of thiazole rings is 1. The van der Waals surface area contributed by atoms with Crippen molar-refractivity contribution in [3.05, 3.63) is 57.4 Å². The van der Waals surface area contributed by atoms with Gasteiger partial charge in [0, 0.05) is 12.6 Å². The number of fused-ring (bicyclic) bond motifs is 2. The second-order valence-corrected chi connectivity index (χ2v) is 10.3. The Bertz CT molecular complexity index is 1470. The summed E-state index contributed by atoms with van der Waals surface area (Å²) in [5.74, 6) is -0.777. The Morgan fingerprint density at radius 1 is 1.28 bits per heavy atom. The molecule has 1 aliphatic rings. The fourth-order valence-corrected chi connectivity index (χ4v) is 5.98. The van der Waals surface area contributed by atoms with Crippen molar-refractivity contribution < 1.29 is 19.1 Å². The molecule has 2 aromatic carbocycles. The average Bonchev–Trinajstić information content (AvgIpc) is 3.30. The number of phenols is 1. The van der Waals surface area contributed by atoms with E-state index in [2.05, 4.69) is 16.8 Å². The quantitative estimate of drug-likeness (QED) is 0.326. The number of aromatic nitrogens is 1. The van der Waals surface area contributed by atoms with Gasteiger partial charge >= 0.3 is 5.97 Å². The molecule has 1 N–H and O–H groups in total. The standard InChI is InChI=1S/C28H30N2O5S/c1-4-17-14-18-24(32)22(27-29-20-11-6-7-12-21(20)36-27)26(28(33)34-5-2)35-25(18)19(23(17)31)15-30-13-9-8-10-16(30)3/h6-7,11-12,14,16,31H,4-5,8-10,13,15H2,1-3H3/t16-/m1/s1. The maximum atomic E-state index is 14.0. The Morgan fingerprint density at radius 2 is 2.08 bits per heavy atom. The van der Waals surface area contributed by atoms with Crippen molar-refractivity contribution in [3.63, 3.8) is 0 Å². The van der Waals surface area contributed by atoms with Gasteiger partial charge in [0.1, 0.15) is 21.9 Å². The van der Waals surface area contributed by atoms with E-state index in [1.54, 1.807) is 13.0 Å². The number of hydrogen-bond donors (Lipinski definition) is 1. The lowest BCUT2D eigenvalue weighted by molar-refractivity contribution is 0.0491. The Morgan fingerprint density at radius 3 is 2.81 bits per heavy atom. The molecule has 0 aliphatic carbocycles. The van der Waals surface area contributed by atoms with Crippen molar-refractivity contribution in [2.75, 3.05) is 13.2 Å². The highest BCUT2D eigenvalue weighted by molar-refractivity contribution is 7.21. The molecule has 8 heteroatoms. The van der Waals surface area contributed by atoms with Crippen LogP contribution in [0.1, 0.15) is 61.7 Å². The van der Waals surface area contributed by atoms with E-state index in [1.807, 2.05) is 31.2 Å². The Hall–Kier alpha value is -3.23. The molecular formula is C28H30N2O5S. The maximum absolute atomic E-state index is 14.0. The van der Waals surface area contributed by atoms with Crippen molar-refractivity contribution in [2.24, 2.45) is 0 Å². The highest BCUT2D eigenvalue weighted by Crippen LogP contribution is 2.37. The van der Waals surface area contributed by atoms with Gasteiger partial charge in [-0.3, -0.25) is 9.69 Å². The van der Waals surface area contributed by atoms with Gasteiger partial charge in [0.05, 0.1) is 27.8 Å². The summed E-state index contributed by atoms with van der Waals surface area (Å²) in [7, 11) is 0. The second kappa shape index (κ2) is 10.0.